The van der Waals surface area contributed by atoms with Crippen LogP contribution in [0, 0.1) is 11.3 Å². The third-order valence-electron chi connectivity index (χ3n) is 6.84. The van der Waals surface area contributed by atoms with E-state index in [0.29, 0.717) is 18.0 Å². The van der Waals surface area contributed by atoms with Crippen molar-refractivity contribution in [3.05, 3.63) is 77.9 Å². The molecule has 0 amide bonds. The number of carbonyl (C=O) groups is 1. The van der Waals surface area contributed by atoms with Gasteiger partial charge in [-0.2, -0.15) is 0 Å². The molecule has 4 rings (SSSR count). The van der Waals surface area contributed by atoms with Gasteiger partial charge in [-0.05, 0) is 55.5 Å². The van der Waals surface area contributed by atoms with Crippen LogP contribution in [0.1, 0.15) is 63.1 Å². The van der Waals surface area contributed by atoms with Crippen LogP contribution in [0.5, 0.6) is 5.75 Å². The number of ketones is 1. The van der Waals surface area contributed by atoms with Gasteiger partial charge >= 0.3 is 0 Å². The summed E-state index contributed by atoms with van der Waals surface area (Å²) in [5.41, 5.74) is 2.64. The summed E-state index contributed by atoms with van der Waals surface area (Å²) < 4.78 is 0. The monoisotopic (exact) mass is 521 g/mol. The van der Waals surface area contributed by atoms with E-state index in [1.807, 2.05) is 30.3 Å². The number of nitrogens with zero attached hydrogens (tertiary/aromatic N) is 2. The van der Waals surface area contributed by atoms with E-state index in [9.17, 15) is 9.90 Å². The van der Waals surface area contributed by atoms with Crippen molar-refractivity contribution in [3.8, 4) is 5.75 Å². The van der Waals surface area contributed by atoms with Gasteiger partial charge in [0.2, 0.25) is 0 Å². The number of hydrogen-bond acceptors (Lipinski definition) is 6. The minimum atomic E-state index is -0.0943. The standard InChI is InChI=1S/C17H19N3O2.C8H16N2.C6H12/c1-12(21)11-20(19)17(18)15-6-2-4-13(9-15)8-14-5-3-7-16(22)10-14;1-3-5-10-6-4-9-8(2)7-10;1-2-6-4-3-5-6/h2-7,9-10,18,22H,8,11,19H2,1H3;3,8-9H,1,4-7H2,2H3;6H,2-5H2,1H3. The molecule has 0 spiro atoms. The normalized spacial score (nSPS) is 17.1. The van der Waals surface area contributed by atoms with E-state index < -0.39 is 0 Å². The number of piperazine rings is 1. The average molecular weight is 522 g/mol. The average Bonchev–Trinajstić information content (AvgIpc) is 2.84. The lowest BCUT2D eigenvalue weighted by atomic mass is 9.84. The Labute approximate surface area is 229 Å². The summed E-state index contributed by atoms with van der Waals surface area (Å²) in [4.78, 5) is 13.5. The molecule has 1 aliphatic heterocycles. The van der Waals surface area contributed by atoms with Crippen molar-refractivity contribution in [2.24, 2.45) is 11.8 Å². The van der Waals surface area contributed by atoms with Gasteiger partial charge in [0, 0.05) is 37.8 Å². The van der Waals surface area contributed by atoms with E-state index in [0.717, 1.165) is 48.2 Å². The number of nitrogens with one attached hydrogen (secondary N) is 2. The number of phenolic OH excluding ortho intramolecular Hbond substituents is 1. The first-order valence-electron chi connectivity index (χ1n) is 13.8. The van der Waals surface area contributed by atoms with Crippen molar-refractivity contribution in [2.75, 3.05) is 32.7 Å². The Balaban J connectivity index is 0.000000258. The highest BCUT2D eigenvalue weighted by atomic mass is 16.3. The topological polar surface area (TPSA) is 106 Å². The highest BCUT2D eigenvalue weighted by molar-refractivity contribution is 5.98. The van der Waals surface area contributed by atoms with Gasteiger partial charge in [-0.1, -0.05) is 69.0 Å². The molecule has 1 unspecified atom stereocenters. The number of hydrazine groups is 1. The quantitative estimate of drug-likeness (QED) is 0.132. The second-order valence-electron chi connectivity index (χ2n) is 10.3. The molecule has 2 aromatic carbocycles. The maximum Gasteiger partial charge on any atom is 0.150 e. The van der Waals surface area contributed by atoms with Gasteiger partial charge in [-0.25, -0.2) is 5.84 Å². The fourth-order valence-corrected chi connectivity index (χ4v) is 4.48. The lowest BCUT2D eigenvalue weighted by Gasteiger charge is -2.30. The summed E-state index contributed by atoms with van der Waals surface area (Å²) in [6, 6.07) is 15.2. The van der Waals surface area contributed by atoms with Crippen LogP contribution in [-0.2, 0) is 11.2 Å². The van der Waals surface area contributed by atoms with Crippen molar-refractivity contribution in [1.29, 1.82) is 5.41 Å². The number of phenols is 1. The Bertz CT molecular complexity index is 1020. The lowest BCUT2D eigenvalue weighted by molar-refractivity contribution is -0.117. The van der Waals surface area contributed by atoms with Crippen LogP contribution in [0.3, 0.4) is 0 Å². The third kappa shape index (κ3) is 11.6. The molecular weight excluding hydrogens is 474 g/mol. The maximum atomic E-state index is 11.1. The van der Waals surface area contributed by atoms with Gasteiger partial charge < -0.3 is 10.4 Å². The van der Waals surface area contributed by atoms with E-state index >= 15 is 0 Å². The molecule has 1 heterocycles. The van der Waals surface area contributed by atoms with Crippen LogP contribution in [0.2, 0.25) is 0 Å². The minimum absolute atomic E-state index is 0.00954. The van der Waals surface area contributed by atoms with Gasteiger partial charge in [0.25, 0.3) is 0 Å². The summed E-state index contributed by atoms with van der Waals surface area (Å²) in [6.45, 7) is 14.1. The van der Waals surface area contributed by atoms with Gasteiger partial charge in [-0.15, -0.1) is 6.58 Å². The zero-order valence-corrected chi connectivity index (χ0v) is 23.5. The number of aromatic hydroxyl groups is 1. The Morgan fingerprint density at radius 3 is 2.45 bits per heavy atom. The van der Waals surface area contributed by atoms with Crippen LogP contribution in [0.15, 0.2) is 61.2 Å². The zero-order valence-electron chi connectivity index (χ0n) is 23.5. The summed E-state index contributed by atoms with van der Waals surface area (Å²) >= 11 is 0. The van der Waals surface area contributed by atoms with E-state index in [1.54, 1.807) is 24.3 Å². The van der Waals surface area contributed by atoms with Gasteiger partial charge in [0.1, 0.15) is 11.6 Å². The SMILES string of the molecule is C=CCN1CCNC(C)C1.CC(=O)CN(N)C(=N)c1cccc(Cc2cccc(O)c2)c1.CCC1CCC1. The Morgan fingerprint density at radius 1 is 1.24 bits per heavy atom. The summed E-state index contributed by atoms with van der Waals surface area (Å²) in [5.74, 6) is 7.09. The molecule has 1 aliphatic carbocycles. The second-order valence-corrected chi connectivity index (χ2v) is 10.3. The Morgan fingerprint density at radius 2 is 1.92 bits per heavy atom. The summed E-state index contributed by atoms with van der Waals surface area (Å²) in [7, 11) is 0. The van der Waals surface area contributed by atoms with Crippen LogP contribution in [0.4, 0.5) is 0 Å². The second kappa shape index (κ2) is 16.8. The molecule has 0 bridgehead atoms. The van der Waals surface area contributed by atoms with E-state index in [2.05, 4.69) is 30.6 Å². The number of carbonyl (C=O) groups excluding carboxylic acids is 1. The maximum absolute atomic E-state index is 11.1. The Hall–Kier alpha value is -3.00. The number of benzene rings is 2. The number of rotatable bonds is 8. The zero-order chi connectivity index (χ0) is 27.9. The molecule has 1 saturated heterocycles. The minimum Gasteiger partial charge on any atom is -0.508 e. The summed E-state index contributed by atoms with van der Waals surface area (Å²) in [5, 5.41) is 22.1. The van der Waals surface area contributed by atoms with Crippen molar-refractivity contribution in [2.45, 2.75) is 58.9 Å². The molecule has 38 heavy (non-hydrogen) atoms. The predicted octanol–water partition coefficient (Wildman–Crippen LogP) is 4.74. The molecule has 5 N–H and O–H groups in total. The Kier molecular flexibility index (Phi) is 13.8. The van der Waals surface area contributed by atoms with Crippen molar-refractivity contribution < 1.29 is 9.90 Å². The largest absolute Gasteiger partial charge is 0.508 e. The van der Waals surface area contributed by atoms with Crippen LogP contribution < -0.4 is 11.2 Å². The first-order chi connectivity index (χ1) is 18.2. The van der Waals surface area contributed by atoms with Crippen LogP contribution in [-0.4, -0.2) is 65.4 Å². The number of amidine groups is 1. The molecule has 7 heteroatoms. The number of hydrogen-bond donors (Lipinski definition) is 4. The van der Waals surface area contributed by atoms with Crippen molar-refractivity contribution >= 4 is 11.6 Å². The molecule has 1 atom stereocenters. The van der Waals surface area contributed by atoms with Crippen LogP contribution >= 0.6 is 0 Å². The summed E-state index contributed by atoms with van der Waals surface area (Å²) in [6.07, 6.45) is 8.55. The van der Waals surface area contributed by atoms with Crippen LogP contribution in [0.25, 0.3) is 0 Å². The smallest absolute Gasteiger partial charge is 0.150 e. The molecular formula is C31H47N5O2. The highest BCUT2D eigenvalue weighted by Gasteiger charge is 2.14. The van der Waals surface area contributed by atoms with Crippen molar-refractivity contribution in [3.63, 3.8) is 0 Å². The predicted molar refractivity (Wildman–Crippen MR) is 157 cm³/mol. The molecule has 2 fully saturated rings. The number of Topliss-reactive ketones (excluding diaryl/α,β-unsaturated/α-hetero) is 1. The van der Waals surface area contributed by atoms with Gasteiger partial charge in [-0.3, -0.25) is 20.1 Å². The molecule has 1 saturated carbocycles. The fourth-order valence-electron chi connectivity index (χ4n) is 4.48. The first kappa shape index (κ1) is 31.2. The molecule has 7 nitrogen and oxygen atoms in total. The molecule has 208 valence electrons. The highest BCUT2D eigenvalue weighted by Crippen LogP contribution is 2.28. The first-order valence-corrected chi connectivity index (χ1v) is 13.8. The number of nitrogens with two attached hydrogens (primary N) is 1. The fraction of sp³-hybridized carbons (Fsp3) is 0.484. The van der Waals surface area contributed by atoms with Crippen molar-refractivity contribution in [1.82, 2.24) is 15.2 Å². The molecule has 0 radical (unpaired) electrons. The molecule has 2 aliphatic rings. The molecule has 2 aromatic rings. The van der Waals surface area contributed by atoms with E-state index in [1.165, 1.54) is 32.6 Å². The lowest BCUT2D eigenvalue weighted by Crippen LogP contribution is -2.49. The third-order valence-corrected chi connectivity index (χ3v) is 6.84. The van der Waals surface area contributed by atoms with E-state index in [4.69, 9.17) is 11.3 Å². The van der Waals surface area contributed by atoms with E-state index in [-0.39, 0.29) is 23.9 Å². The molecule has 0 aromatic heterocycles. The van der Waals surface area contributed by atoms with Gasteiger partial charge in [0.15, 0.2) is 5.78 Å². The van der Waals surface area contributed by atoms with Gasteiger partial charge in [0.05, 0.1) is 6.54 Å².